The van der Waals surface area contributed by atoms with E-state index in [9.17, 15) is 0 Å². The van der Waals surface area contributed by atoms with Gasteiger partial charge in [0, 0.05) is 33.0 Å². The van der Waals surface area contributed by atoms with Crippen LogP contribution >= 0.6 is 0 Å². The molecule has 0 saturated heterocycles. The maximum Gasteiger partial charge on any atom is 0.0494 e. The summed E-state index contributed by atoms with van der Waals surface area (Å²) in [5.74, 6) is 0.727. The second kappa shape index (κ2) is 13.9. The fourth-order valence-corrected chi connectivity index (χ4v) is 1.68. The largest absolute Gasteiger partial charge is 0.396 e. The Balaban J connectivity index is 3.19. The molecule has 0 bridgehead atoms. The van der Waals surface area contributed by atoms with Gasteiger partial charge >= 0.3 is 0 Å². The lowest BCUT2D eigenvalue weighted by Gasteiger charge is -2.14. The van der Waals surface area contributed by atoms with E-state index in [1.165, 1.54) is 25.7 Å². The molecule has 0 aliphatic heterocycles. The van der Waals surface area contributed by atoms with Crippen LogP contribution in [0.25, 0.3) is 0 Å². The highest BCUT2D eigenvalue weighted by Crippen LogP contribution is 2.12. The minimum Gasteiger partial charge on any atom is -0.396 e. The Kier molecular flexibility index (Phi) is 13.8. The predicted molar refractivity (Wildman–Crippen MR) is 71.3 cm³/mol. The van der Waals surface area contributed by atoms with Gasteiger partial charge in [0.2, 0.25) is 0 Å². The lowest BCUT2D eigenvalue weighted by molar-refractivity contribution is 0.0595. The summed E-state index contributed by atoms with van der Waals surface area (Å²) >= 11 is 0. The second-order valence-corrected chi connectivity index (χ2v) is 4.53. The lowest BCUT2D eigenvalue weighted by atomic mass is 10.0. The zero-order valence-corrected chi connectivity index (χ0v) is 11.6. The molecule has 0 aliphatic rings. The van der Waals surface area contributed by atoms with Crippen LogP contribution in [0.15, 0.2) is 0 Å². The second-order valence-electron chi connectivity index (χ2n) is 4.53. The highest BCUT2D eigenvalue weighted by molar-refractivity contribution is 4.55. The summed E-state index contributed by atoms with van der Waals surface area (Å²) in [5.41, 5.74) is 0. The zero-order valence-electron chi connectivity index (χ0n) is 11.6. The van der Waals surface area contributed by atoms with Gasteiger partial charge in [-0.1, -0.05) is 33.1 Å². The average molecular weight is 246 g/mol. The van der Waals surface area contributed by atoms with Crippen molar-refractivity contribution in [3.8, 4) is 0 Å². The molecule has 17 heavy (non-hydrogen) atoms. The number of aliphatic hydroxyl groups excluding tert-OH is 1. The molecule has 1 unspecified atom stereocenters. The first-order chi connectivity index (χ1) is 8.35. The van der Waals surface area contributed by atoms with Crippen molar-refractivity contribution in [2.45, 2.75) is 52.4 Å². The first kappa shape index (κ1) is 16.9. The van der Waals surface area contributed by atoms with Crippen LogP contribution in [0.2, 0.25) is 0 Å². The van der Waals surface area contributed by atoms with Gasteiger partial charge in [0.15, 0.2) is 0 Å². The van der Waals surface area contributed by atoms with E-state index in [1.807, 2.05) is 0 Å². The molecule has 3 heteroatoms. The Morgan fingerprint density at radius 2 is 1.65 bits per heavy atom. The van der Waals surface area contributed by atoms with Crippen LogP contribution < -0.4 is 0 Å². The summed E-state index contributed by atoms with van der Waals surface area (Å²) in [6.45, 7) is 7.77. The molecule has 0 amide bonds. The number of unbranched alkanes of at least 4 members (excludes halogenated alkanes) is 1. The molecule has 0 spiro atoms. The summed E-state index contributed by atoms with van der Waals surface area (Å²) in [7, 11) is 0. The van der Waals surface area contributed by atoms with Gasteiger partial charge in [-0.25, -0.2) is 0 Å². The van der Waals surface area contributed by atoms with Crippen LogP contribution in [0.4, 0.5) is 0 Å². The Labute approximate surface area is 107 Å². The van der Waals surface area contributed by atoms with Crippen molar-refractivity contribution >= 4 is 0 Å². The van der Waals surface area contributed by atoms with E-state index in [1.54, 1.807) is 0 Å². The van der Waals surface area contributed by atoms with E-state index < -0.39 is 0 Å². The van der Waals surface area contributed by atoms with E-state index >= 15 is 0 Å². The van der Waals surface area contributed by atoms with Gasteiger partial charge in [0.1, 0.15) is 0 Å². The van der Waals surface area contributed by atoms with Crippen molar-refractivity contribution in [3.63, 3.8) is 0 Å². The Bertz CT molecular complexity index is 139. The van der Waals surface area contributed by atoms with Gasteiger partial charge in [0.05, 0.1) is 0 Å². The van der Waals surface area contributed by atoms with Gasteiger partial charge in [-0.05, 0) is 25.2 Å². The van der Waals surface area contributed by atoms with Crippen LogP contribution in [0, 0.1) is 5.92 Å². The normalized spacial score (nSPS) is 12.9. The lowest BCUT2D eigenvalue weighted by Crippen LogP contribution is -2.11. The average Bonchev–Trinajstić information content (AvgIpc) is 2.36. The van der Waals surface area contributed by atoms with Gasteiger partial charge in [-0.2, -0.15) is 0 Å². The standard InChI is InChI=1S/C14H30O3/c1-3-5-8-14(4-2)13-17-12-7-11-16-10-6-9-15/h14-15H,3-13H2,1-2H3. The van der Waals surface area contributed by atoms with E-state index in [-0.39, 0.29) is 6.61 Å². The monoisotopic (exact) mass is 246 g/mol. The van der Waals surface area contributed by atoms with Crippen LogP contribution in [0.5, 0.6) is 0 Å². The van der Waals surface area contributed by atoms with Crippen LogP contribution in [0.1, 0.15) is 52.4 Å². The maximum atomic E-state index is 8.56. The highest BCUT2D eigenvalue weighted by Gasteiger charge is 2.05. The summed E-state index contributed by atoms with van der Waals surface area (Å²) in [6.07, 6.45) is 6.78. The van der Waals surface area contributed by atoms with E-state index in [2.05, 4.69) is 13.8 Å². The molecule has 3 nitrogen and oxygen atoms in total. The fraction of sp³-hybridized carbons (Fsp3) is 1.00. The Hall–Kier alpha value is -0.120. The summed E-state index contributed by atoms with van der Waals surface area (Å²) in [5, 5.41) is 8.56. The van der Waals surface area contributed by atoms with Gasteiger partial charge in [-0.3, -0.25) is 0 Å². The summed E-state index contributed by atoms with van der Waals surface area (Å²) < 4.78 is 11.0. The van der Waals surface area contributed by atoms with Gasteiger partial charge < -0.3 is 14.6 Å². The van der Waals surface area contributed by atoms with Gasteiger partial charge in [-0.15, -0.1) is 0 Å². The molecular formula is C14H30O3. The topological polar surface area (TPSA) is 38.7 Å². The summed E-state index contributed by atoms with van der Waals surface area (Å²) in [4.78, 5) is 0. The van der Waals surface area contributed by atoms with Crippen LogP contribution in [-0.4, -0.2) is 38.1 Å². The van der Waals surface area contributed by atoms with E-state index in [4.69, 9.17) is 14.6 Å². The first-order valence-corrected chi connectivity index (χ1v) is 7.11. The van der Waals surface area contributed by atoms with E-state index in [0.29, 0.717) is 6.61 Å². The van der Waals surface area contributed by atoms with Crippen LogP contribution in [0.3, 0.4) is 0 Å². The van der Waals surface area contributed by atoms with Crippen molar-refractivity contribution in [3.05, 3.63) is 0 Å². The van der Waals surface area contributed by atoms with Crippen LogP contribution in [-0.2, 0) is 9.47 Å². The molecule has 1 N–H and O–H groups in total. The molecule has 0 rings (SSSR count). The number of aliphatic hydroxyl groups is 1. The zero-order chi connectivity index (χ0) is 12.8. The molecule has 0 radical (unpaired) electrons. The molecular weight excluding hydrogens is 216 g/mol. The third kappa shape index (κ3) is 12.1. The summed E-state index contributed by atoms with van der Waals surface area (Å²) in [6, 6.07) is 0. The molecule has 0 aromatic rings. The van der Waals surface area contributed by atoms with Gasteiger partial charge in [0.25, 0.3) is 0 Å². The molecule has 104 valence electrons. The molecule has 0 aliphatic carbocycles. The number of rotatable bonds is 13. The Morgan fingerprint density at radius 3 is 2.29 bits per heavy atom. The molecule has 0 saturated carbocycles. The number of hydrogen-bond acceptors (Lipinski definition) is 3. The molecule has 1 atom stereocenters. The van der Waals surface area contributed by atoms with Crippen molar-refractivity contribution in [1.29, 1.82) is 0 Å². The van der Waals surface area contributed by atoms with Crippen molar-refractivity contribution in [2.75, 3.05) is 33.0 Å². The number of ether oxygens (including phenoxy) is 2. The predicted octanol–water partition coefficient (Wildman–Crippen LogP) is 3.01. The molecule has 0 aromatic heterocycles. The minimum absolute atomic E-state index is 0.214. The van der Waals surface area contributed by atoms with E-state index in [0.717, 1.165) is 38.6 Å². The molecule has 0 aromatic carbocycles. The SMILES string of the molecule is CCCCC(CC)COCCCOCCCO. The smallest absolute Gasteiger partial charge is 0.0494 e. The quantitative estimate of drug-likeness (QED) is 0.508. The highest BCUT2D eigenvalue weighted by atomic mass is 16.5. The van der Waals surface area contributed by atoms with Crippen molar-refractivity contribution in [1.82, 2.24) is 0 Å². The molecule has 0 heterocycles. The fourth-order valence-electron chi connectivity index (χ4n) is 1.68. The maximum absolute atomic E-state index is 8.56. The third-order valence-electron chi connectivity index (χ3n) is 2.92. The first-order valence-electron chi connectivity index (χ1n) is 7.11. The number of hydrogen-bond donors (Lipinski definition) is 1. The third-order valence-corrected chi connectivity index (χ3v) is 2.92. The van der Waals surface area contributed by atoms with Crippen molar-refractivity contribution in [2.24, 2.45) is 5.92 Å². The van der Waals surface area contributed by atoms with Crippen molar-refractivity contribution < 1.29 is 14.6 Å². The Morgan fingerprint density at radius 1 is 0.941 bits per heavy atom. The minimum atomic E-state index is 0.214. The molecule has 0 fully saturated rings.